The minimum atomic E-state index is -0.301. The van der Waals surface area contributed by atoms with Crippen LogP contribution in [0.1, 0.15) is 30.5 Å². The van der Waals surface area contributed by atoms with E-state index >= 15 is 0 Å². The maximum atomic E-state index is 13.2. The first kappa shape index (κ1) is 18.7. The highest BCUT2D eigenvalue weighted by atomic mass is 32.2. The summed E-state index contributed by atoms with van der Waals surface area (Å²) in [5.74, 6) is 0.0806. The van der Waals surface area contributed by atoms with Crippen LogP contribution in [0.5, 0.6) is 0 Å². The SMILES string of the molecule is Cc1ccc(-n2nnnc2SC(C)C(=O)N2c3ccccc3CC2C)cc1C. The number of aryl methyl sites for hydroxylation is 2. The normalized spacial score (nSPS) is 16.9. The van der Waals surface area contributed by atoms with Gasteiger partial charge in [-0.25, -0.2) is 0 Å². The molecule has 0 saturated carbocycles. The number of carbonyl (C=O) groups excluding carboxylic acids is 1. The van der Waals surface area contributed by atoms with Gasteiger partial charge in [0.05, 0.1) is 10.9 Å². The van der Waals surface area contributed by atoms with Gasteiger partial charge in [-0.3, -0.25) is 4.79 Å². The number of benzene rings is 2. The highest BCUT2D eigenvalue weighted by Crippen LogP contribution is 2.34. The summed E-state index contributed by atoms with van der Waals surface area (Å²) >= 11 is 1.39. The van der Waals surface area contributed by atoms with Crippen molar-refractivity contribution in [3.63, 3.8) is 0 Å². The van der Waals surface area contributed by atoms with Crippen molar-refractivity contribution in [1.29, 1.82) is 0 Å². The molecule has 2 heterocycles. The van der Waals surface area contributed by atoms with Crippen LogP contribution in [0.2, 0.25) is 0 Å². The molecule has 2 unspecified atom stereocenters. The zero-order chi connectivity index (χ0) is 19.8. The van der Waals surface area contributed by atoms with Gasteiger partial charge in [0.1, 0.15) is 0 Å². The number of thioether (sulfide) groups is 1. The predicted octanol–water partition coefficient (Wildman–Crippen LogP) is 3.74. The van der Waals surface area contributed by atoms with E-state index in [1.165, 1.54) is 28.5 Å². The number of carbonyl (C=O) groups is 1. The lowest BCUT2D eigenvalue weighted by Crippen LogP contribution is -2.40. The molecule has 6 nitrogen and oxygen atoms in total. The number of anilines is 1. The molecule has 2 aromatic carbocycles. The molecule has 0 radical (unpaired) electrons. The zero-order valence-corrected chi connectivity index (χ0v) is 17.3. The van der Waals surface area contributed by atoms with Crippen LogP contribution in [0.3, 0.4) is 0 Å². The number of fused-ring (bicyclic) bond motifs is 1. The van der Waals surface area contributed by atoms with Gasteiger partial charge in [-0.05, 0) is 79.4 Å². The molecule has 0 spiro atoms. The topological polar surface area (TPSA) is 63.9 Å². The molecule has 1 aliphatic heterocycles. The van der Waals surface area contributed by atoms with Gasteiger partial charge >= 0.3 is 0 Å². The molecule has 3 aromatic rings. The van der Waals surface area contributed by atoms with E-state index in [4.69, 9.17) is 0 Å². The first-order valence-electron chi connectivity index (χ1n) is 9.39. The molecule has 0 fully saturated rings. The summed E-state index contributed by atoms with van der Waals surface area (Å²) in [5, 5.41) is 12.4. The fraction of sp³-hybridized carbons (Fsp3) is 0.333. The van der Waals surface area contributed by atoms with Gasteiger partial charge in [0.15, 0.2) is 0 Å². The smallest absolute Gasteiger partial charge is 0.240 e. The third kappa shape index (κ3) is 3.30. The summed E-state index contributed by atoms with van der Waals surface area (Å²) in [7, 11) is 0. The van der Waals surface area contributed by atoms with Gasteiger partial charge in [0.2, 0.25) is 11.1 Å². The molecular weight excluding hydrogens is 370 g/mol. The number of hydrogen-bond acceptors (Lipinski definition) is 5. The van der Waals surface area contributed by atoms with Gasteiger partial charge in [0.25, 0.3) is 0 Å². The maximum absolute atomic E-state index is 13.2. The third-order valence-corrected chi connectivity index (χ3v) is 6.27. The van der Waals surface area contributed by atoms with E-state index in [1.54, 1.807) is 4.68 Å². The van der Waals surface area contributed by atoms with E-state index in [-0.39, 0.29) is 17.2 Å². The Hall–Kier alpha value is -2.67. The Morgan fingerprint density at radius 2 is 1.96 bits per heavy atom. The summed E-state index contributed by atoms with van der Waals surface area (Å²) in [5.41, 5.74) is 5.53. The quantitative estimate of drug-likeness (QED) is 0.632. The zero-order valence-electron chi connectivity index (χ0n) is 16.5. The predicted molar refractivity (Wildman–Crippen MR) is 111 cm³/mol. The van der Waals surface area contributed by atoms with Crippen LogP contribution in [-0.2, 0) is 11.2 Å². The molecule has 7 heteroatoms. The Balaban J connectivity index is 1.56. The molecule has 1 amide bonds. The minimum absolute atomic E-state index is 0.0806. The van der Waals surface area contributed by atoms with Crippen molar-refractivity contribution in [2.45, 2.75) is 50.6 Å². The first-order chi connectivity index (χ1) is 13.5. The molecular formula is C21H23N5OS. The summed E-state index contributed by atoms with van der Waals surface area (Å²) in [6.07, 6.45) is 0.889. The van der Waals surface area contributed by atoms with E-state index in [2.05, 4.69) is 54.5 Å². The Kier molecular flexibility index (Phi) is 4.93. The Morgan fingerprint density at radius 1 is 1.18 bits per heavy atom. The van der Waals surface area contributed by atoms with Crippen LogP contribution in [0.25, 0.3) is 5.69 Å². The van der Waals surface area contributed by atoms with Crippen molar-refractivity contribution in [1.82, 2.24) is 20.2 Å². The van der Waals surface area contributed by atoms with Gasteiger partial charge in [-0.15, -0.1) is 5.10 Å². The summed E-state index contributed by atoms with van der Waals surface area (Å²) < 4.78 is 1.70. The molecule has 144 valence electrons. The summed E-state index contributed by atoms with van der Waals surface area (Å²) in [6.45, 7) is 8.15. The number of aromatic nitrogens is 4. The second kappa shape index (κ2) is 7.39. The molecule has 0 aliphatic carbocycles. The number of tetrazole rings is 1. The van der Waals surface area contributed by atoms with Gasteiger partial charge in [-0.2, -0.15) is 4.68 Å². The maximum Gasteiger partial charge on any atom is 0.240 e. The average molecular weight is 394 g/mol. The van der Waals surface area contributed by atoms with Gasteiger partial charge < -0.3 is 4.90 Å². The fourth-order valence-electron chi connectivity index (χ4n) is 3.58. The molecule has 1 aromatic heterocycles. The van der Waals surface area contributed by atoms with E-state index < -0.39 is 0 Å². The molecule has 0 saturated heterocycles. The fourth-order valence-corrected chi connectivity index (χ4v) is 4.43. The lowest BCUT2D eigenvalue weighted by atomic mass is 10.1. The van der Waals surface area contributed by atoms with E-state index in [0.29, 0.717) is 5.16 Å². The van der Waals surface area contributed by atoms with Crippen LogP contribution in [0, 0.1) is 13.8 Å². The number of rotatable bonds is 4. The number of nitrogens with zero attached hydrogens (tertiary/aromatic N) is 5. The third-order valence-electron chi connectivity index (χ3n) is 5.25. The highest BCUT2D eigenvalue weighted by Gasteiger charge is 2.34. The molecule has 28 heavy (non-hydrogen) atoms. The summed E-state index contributed by atoms with van der Waals surface area (Å²) in [6, 6.07) is 14.4. The minimum Gasteiger partial charge on any atom is -0.308 e. The lowest BCUT2D eigenvalue weighted by Gasteiger charge is -2.25. The van der Waals surface area contributed by atoms with Crippen molar-refractivity contribution >= 4 is 23.4 Å². The first-order valence-corrected chi connectivity index (χ1v) is 10.3. The van der Waals surface area contributed by atoms with Crippen molar-refractivity contribution < 1.29 is 4.79 Å². The van der Waals surface area contributed by atoms with Crippen molar-refractivity contribution in [3.8, 4) is 5.69 Å². The molecule has 1 aliphatic rings. The highest BCUT2D eigenvalue weighted by molar-refractivity contribution is 8.00. The summed E-state index contributed by atoms with van der Waals surface area (Å²) in [4.78, 5) is 15.1. The second-order valence-electron chi connectivity index (χ2n) is 7.29. The van der Waals surface area contributed by atoms with Gasteiger partial charge in [0, 0.05) is 11.7 Å². The monoisotopic (exact) mass is 393 g/mol. The van der Waals surface area contributed by atoms with E-state index in [9.17, 15) is 4.79 Å². The van der Waals surface area contributed by atoms with Crippen LogP contribution >= 0.6 is 11.8 Å². The van der Waals surface area contributed by atoms with Crippen molar-refractivity contribution in [2.75, 3.05) is 4.90 Å². The molecule has 4 rings (SSSR count). The number of hydrogen-bond donors (Lipinski definition) is 0. The second-order valence-corrected chi connectivity index (χ2v) is 8.60. The van der Waals surface area contributed by atoms with Gasteiger partial charge in [-0.1, -0.05) is 36.0 Å². The standard InChI is InChI=1S/C21H23N5OS/c1-13-9-10-18(11-14(13)2)26-21(22-23-24-26)28-16(4)20(27)25-15(3)12-17-7-5-6-8-19(17)25/h5-11,15-16H,12H2,1-4H3. The van der Waals surface area contributed by atoms with Crippen LogP contribution < -0.4 is 4.90 Å². The average Bonchev–Trinajstić information content (AvgIpc) is 3.26. The van der Waals surface area contributed by atoms with E-state index in [0.717, 1.165) is 17.8 Å². The van der Waals surface area contributed by atoms with Crippen LogP contribution in [0.4, 0.5) is 5.69 Å². The molecule has 0 bridgehead atoms. The number of para-hydroxylation sites is 1. The lowest BCUT2D eigenvalue weighted by molar-refractivity contribution is -0.118. The largest absolute Gasteiger partial charge is 0.308 e. The van der Waals surface area contributed by atoms with Crippen LogP contribution in [0.15, 0.2) is 47.6 Å². The number of amides is 1. The van der Waals surface area contributed by atoms with Crippen molar-refractivity contribution in [3.05, 3.63) is 59.2 Å². The van der Waals surface area contributed by atoms with Crippen LogP contribution in [-0.4, -0.2) is 37.4 Å². The molecule has 2 atom stereocenters. The Bertz CT molecular complexity index is 1030. The Morgan fingerprint density at radius 3 is 2.75 bits per heavy atom. The Labute approximate surface area is 168 Å². The van der Waals surface area contributed by atoms with Crippen molar-refractivity contribution in [2.24, 2.45) is 0 Å². The molecule has 0 N–H and O–H groups in total. The van der Waals surface area contributed by atoms with E-state index in [1.807, 2.05) is 36.1 Å².